The average molecular weight is 361 g/mol. The fourth-order valence-corrected chi connectivity index (χ4v) is 9.24. The summed E-state index contributed by atoms with van der Waals surface area (Å²) in [5.41, 5.74) is 0. The molecule has 2 rings (SSSR count). The zero-order valence-electron chi connectivity index (χ0n) is 14.7. The van der Waals surface area contributed by atoms with Crippen LogP contribution in [0.15, 0.2) is 70.5 Å². The van der Waals surface area contributed by atoms with Gasteiger partial charge in [-0.2, -0.15) is 0 Å². The molecule has 0 aromatic heterocycles. The highest BCUT2D eigenvalue weighted by atomic mass is 32.2. The summed E-state index contributed by atoms with van der Waals surface area (Å²) in [5, 5.41) is 0. The van der Waals surface area contributed by atoms with E-state index in [1.165, 1.54) is 29.1 Å². The number of hydrogen-bond acceptors (Lipinski definition) is 2. The summed E-state index contributed by atoms with van der Waals surface area (Å²) in [4.78, 5) is 2.80. The van der Waals surface area contributed by atoms with Crippen LogP contribution in [0.5, 0.6) is 0 Å². The summed E-state index contributed by atoms with van der Waals surface area (Å²) in [6.07, 6.45) is 3.83. The lowest BCUT2D eigenvalue weighted by Crippen LogP contribution is -2.46. The molecule has 0 atom stereocenters. The van der Waals surface area contributed by atoms with Crippen molar-refractivity contribution in [3.05, 3.63) is 60.7 Å². The number of hydrogen-bond donors (Lipinski definition) is 0. The van der Waals surface area contributed by atoms with Gasteiger partial charge in [0.1, 0.15) is 0 Å². The molecule has 2 aromatic rings. The molecule has 0 radical (unpaired) electrons. The van der Waals surface area contributed by atoms with E-state index in [1.54, 1.807) is 0 Å². The Bertz CT molecular complexity index is 534. The number of rotatable bonds is 8. The highest BCUT2D eigenvalue weighted by molar-refractivity contribution is 8.20. The van der Waals surface area contributed by atoms with Crippen LogP contribution >= 0.6 is 23.5 Å². The monoisotopic (exact) mass is 360 g/mol. The van der Waals surface area contributed by atoms with Crippen LogP contribution in [-0.4, -0.2) is 11.8 Å². The summed E-state index contributed by atoms with van der Waals surface area (Å²) in [6, 6.07) is 21.9. The van der Waals surface area contributed by atoms with Crippen molar-refractivity contribution in [1.82, 2.24) is 0 Å². The van der Waals surface area contributed by atoms with Crippen molar-refractivity contribution in [1.29, 1.82) is 0 Å². The first-order valence-electron chi connectivity index (χ1n) is 8.45. The van der Waals surface area contributed by atoms with Crippen LogP contribution in [0, 0.1) is 0 Å². The van der Waals surface area contributed by atoms with Gasteiger partial charge >= 0.3 is 0 Å². The maximum atomic E-state index is 2.52. The Labute approximate surface area is 151 Å². The van der Waals surface area contributed by atoms with Crippen LogP contribution in [0.25, 0.3) is 0 Å². The lowest BCUT2D eigenvalue weighted by Gasteiger charge is -2.43. The van der Waals surface area contributed by atoms with Gasteiger partial charge in [-0.05, 0) is 30.7 Å². The van der Waals surface area contributed by atoms with Gasteiger partial charge in [0, 0.05) is 9.79 Å². The van der Waals surface area contributed by atoms with Crippen LogP contribution in [0.1, 0.15) is 26.2 Å². The van der Waals surface area contributed by atoms with Crippen molar-refractivity contribution < 1.29 is 0 Å². The van der Waals surface area contributed by atoms with Gasteiger partial charge in [-0.25, -0.2) is 0 Å². The molecule has 0 nitrogen and oxygen atoms in total. The van der Waals surface area contributed by atoms with Crippen molar-refractivity contribution in [2.75, 3.05) is 0 Å². The number of unbranched alkanes of at least 4 members (excludes halogenated alkanes) is 1. The summed E-state index contributed by atoms with van der Waals surface area (Å²) >= 11 is 4.21. The van der Waals surface area contributed by atoms with Gasteiger partial charge in [0.25, 0.3) is 0 Å². The van der Waals surface area contributed by atoms with Gasteiger partial charge in [0.15, 0.2) is 0 Å². The molecule has 2 aromatic carbocycles. The Morgan fingerprint density at radius 3 is 1.57 bits per heavy atom. The highest BCUT2D eigenvalue weighted by Gasteiger charge is 2.44. The van der Waals surface area contributed by atoms with Crippen LogP contribution in [0.4, 0.5) is 0 Å². The van der Waals surface area contributed by atoms with Gasteiger partial charge < -0.3 is 0 Å². The first-order valence-corrected chi connectivity index (χ1v) is 13.6. The zero-order valence-corrected chi connectivity index (χ0v) is 17.3. The fourth-order valence-electron chi connectivity index (χ4n) is 2.57. The van der Waals surface area contributed by atoms with Gasteiger partial charge in [-0.3, -0.25) is 0 Å². The highest BCUT2D eigenvalue weighted by Crippen LogP contribution is 2.54. The maximum absolute atomic E-state index is 2.52. The van der Waals surface area contributed by atoms with Gasteiger partial charge in [0.05, 0.1) is 11.8 Å². The Balaban J connectivity index is 2.37. The second kappa shape index (κ2) is 8.45. The van der Waals surface area contributed by atoms with Crippen molar-refractivity contribution >= 4 is 31.6 Å². The summed E-state index contributed by atoms with van der Waals surface area (Å²) in [7, 11) is -1.41. The second-order valence-corrected chi connectivity index (χ2v) is 16.0. The summed E-state index contributed by atoms with van der Waals surface area (Å²) in [6.45, 7) is 9.87. The number of benzene rings is 2. The Kier molecular flexibility index (Phi) is 6.87. The first kappa shape index (κ1) is 18.7. The quantitative estimate of drug-likeness (QED) is 0.274. The average Bonchev–Trinajstić information content (AvgIpc) is 2.53. The predicted octanol–water partition coefficient (Wildman–Crippen LogP) is 7.33. The van der Waals surface area contributed by atoms with Crippen LogP contribution < -0.4 is 0 Å². The molecule has 0 spiro atoms. The Hall–Kier alpha value is -0.643. The van der Waals surface area contributed by atoms with E-state index in [4.69, 9.17) is 0 Å². The molecule has 0 saturated carbocycles. The molecule has 0 bridgehead atoms. The lowest BCUT2D eigenvalue weighted by atomic mass is 10.3. The van der Waals surface area contributed by atoms with E-state index in [0.29, 0.717) is 0 Å². The maximum Gasteiger partial charge on any atom is 0.0761 e. The van der Waals surface area contributed by atoms with Crippen molar-refractivity contribution in [2.24, 2.45) is 0 Å². The molecule has 0 aliphatic carbocycles. The summed E-state index contributed by atoms with van der Waals surface area (Å²) in [5.74, 6) is 0. The summed E-state index contributed by atoms with van der Waals surface area (Å²) < 4.78 is 0.270. The minimum Gasteiger partial charge on any atom is -0.111 e. The van der Waals surface area contributed by atoms with E-state index in [9.17, 15) is 0 Å². The molecule has 0 fully saturated rings. The third kappa shape index (κ3) is 5.17. The molecule has 0 amide bonds. The molecule has 0 aliphatic heterocycles. The van der Waals surface area contributed by atoms with Crippen molar-refractivity contribution in [3.8, 4) is 0 Å². The predicted molar refractivity (Wildman–Crippen MR) is 110 cm³/mol. The third-order valence-corrected chi connectivity index (χ3v) is 13.5. The van der Waals surface area contributed by atoms with E-state index in [-0.39, 0.29) is 3.70 Å². The van der Waals surface area contributed by atoms with E-state index < -0.39 is 8.07 Å². The van der Waals surface area contributed by atoms with Gasteiger partial charge in [0.2, 0.25) is 0 Å². The van der Waals surface area contributed by atoms with Crippen molar-refractivity contribution in [3.63, 3.8) is 0 Å². The SMILES string of the molecule is CCCCC(Sc1ccccc1)(Sc1ccccc1)[Si](C)(C)C. The van der Waals surface area contributed by atoms with Crippen LogP contribution in [0.2, 0.25) is 19.6 Å². The van der Waals surface area contributed by atoms with Gasteiger partial charge in [-0.1, -0.05) is 75.8 Å². The van der Waals surface area contributed by atoms with E-state index in [1.807, 2.05) is 0 Å². The minimum absolute atomic E-state index is 0.270. The van der Waals surface area contributed by atoms with Crippen molar-refractivity contribution in [2.45, 2.75) is 59.3 Å². The smallest absolute Gasteiger partial charge is 0.0761 e. The van der Waals surface area contributed by atoms with E-state index in [2.05, 4.69) is 111 Å². The normalized spacial score (nSPS) is 12.3. The molecule has 0 unspecified atom stereocenters. The zero-order chi connectivity index (χ0) is 16.8. The first-order chi connectivity index (χ1) is 11.0. The Morgan fingerprint density at radius 2 is 1.22 bits per heavy atom. The number of thioether (sulfide) groups is 2. The minimum atomic E-state index is -1.41. The van der Waals surface area contributed by atoms with Gasteiger partial charge in [-0.15, -0.1) is 23.5 Å². The molecular formula is C20H28S2Si. The van der Waals surface area contributed by atoms with Crippen LogP contribution in [0.3, 0.4) is 0 Å². The standard InChI is InChI=1S/C20H28S2Si/c1-5-6-17-20(23(2,3)4,21-18-13-9-7-10-14-18)22-19-15-11-8-12-16-19/h7-16H,5-6,17H2,1-4H3. The molecular weight excluding hydrogens is 332 g/mol. The molecule has 23 heavy (non-hydrogen) atoms. The lowest BCUT2D eigenvalue weighted by molar-refractivity contribution is 0.730. The fraction of sp³-hybridized carbons (Fsp3) is 0.400. The topological polar surface area (TPSA) is 0 Å². The molecule has 0 N–H and O–H groups in total. The molecule has 3 heteroatoms. The molecule has 0 aliphatic rings. The third-order valence-electron chi connectivity index (χ3n) is 4.05. The second-order valence-electron chi connectivity index (χ2n) is 6.94. The largest absolute Gasteiger partial charge is 0.111 e. The van der Waals surface area contributed by atoms with Crippen LogP contribution in [-0.2, 0) is 0 Å². The molecule has 0 saturated heterocycles. The van der Waals surface area contributed by atoms with E-state index >= 15 is 0 Å². The van der Waals surface area contributed by atoms with E-state index in [0.717, 1.165) is 0 Å². The molecule has 0 heterocycles. The molecule has 124 valence electrons. The Morgan fingerprint density at radius 1 is 0.783 bits per heavy atom.